The molecule has 3 rings (SSSR count). The molecule has 2 nitrogen and oxygen atoms in total. The summed E-state index contributed by atoms with van der Waals surface area (Å²) in [5, 5.41) is 13.7. The lowest BCUT2D eigenvalue weighted by Crippen LogP contribution is -2.47. The first-order chi connectivity index (χ1) is 8.16. The van der Waals surface area contributed by atoms with Crippen LogP contribution in [-0.4, -0.2) is 17.3 Å². The van der Waals surface area contributed by atoms with E-state index >= 15 is 0 Å². The predicted octanol–water partition coefficient (Wildman–Crippen LogP) is 3.23. The summed E-state index contributed by atoms with van der Waals surface area (Å²) in [6, 6.07) is 2.80. The average Bonchev–Trinajstić information content (AvgIpc) is 2.64. The molecule has 1 saturated carbocycles. The summed E-state index contributed by atoms with van der Waals surface area (Å²) in [5.41, 5.74) is 1.09. The molecule has 1 heterocycles. The minimum atomic E-state index is -0.402. The Morgan fingerprint density at radius 3 is 3.00 bits per heavy atom. The Hall–Kier alpha value is 0.350. The second kappa shape index (κ2) is 4.79. The number of thiophene rings is 1. The van der Waals surface area contributed by atoms with Gasteiger partial charge in [0.1, 0.15) is 0 Å². The van der Waals surface area contributed by atoms with Crippen molar-refractivity contribution in [1.82, 2.24) is 5.32 Å². The summed E-state index contributed by atoms with van der Waals surface area (Å²) in [4.78, 5) is 1.55. The van der Waals surface area contributed by atoms with E-state index in [1.165, 1.54) is 34.1 Å². The fourth-order valence-electron chi connectivity index (χ4n) is 2.81. The van der Waals surface area contributed by atoms with Crippen molar-refractivity contribution in [2.75, 3.05) is 6.54 Å². The molecule has 2 aliphatic rings. The molecule has 94 valence electrons. The highest BCUT2D eigenvalue weighted by Crippen LogP contribution is 2.37. The Kier molecular flexibility index (Phi) is 3.49. The molecule has 0 aliphatic heterocycles. The first-order valence-electron chi connectivity index (χ1n) is 6.40. The molecule has 1 unspecified atom stereocenters. The van der Waals surface area contributed by atoms with Crippen LogP contribution in [0, 0.1) is 2.88 Å². The lowest BCUT2D eigenvalue weighted by atomic mass is 9.80. The van der Waals surface area contributed by atoms with Gasteiger partial charge < -0.3 is 10.4 Å². The third-order valence-electron chi connectivity index (χ3n) is 4.05. The zero-order chi connectivity index (χ0) is 11.9. The van der Waals surface area contributed by atoms with Crippen molar-refractivity contribution in [3.05, 3.63) is 19.4 Å². The standard InChI is InChI=1S/C13H18INOS/c14-12-7-9-10(3-1-4-11(9)17-12)15-8-13(16)5-2-6-13/h7,10,15-16H,1-6,8H2. The SMILES string of the molecule is OC1(CNC2CCCc3sc(I)cc32)CCC1. The number of hydrogen-bond acceptors (Lipinski definition) is 3. The van der Waals surface area contributed by atoms with Gasteiger partial charge in [-0.2, -0.15) is 0 Å². The number of hydrogen-bond donors (Lipinski definition) is 2. The van der Waals surface area contributed by atoms with E-state index in [4.69, 9.17) is 0 Å². The van der Waals surface area contributed by atoms with Gasteiger partial charge in [0.2, 0.25) is 0 Å². The highest BCUT2D eigenvalue weighted by atomic mass is 127. The Morgan fingerprint density at radius 1 is 1.47 bits per heavy atom. The largest absolute Gasteiger partial charge is 0.389 e. The van der Waals surface area contributed by atoms with Crippen LogP contribution >= 0.6 is 33.9 Å². The molecule has 0 radical (unpaired) electrons. The van der Waals surface area contributed by atoms with E-state index in [-0.39, 0.29) is 0 Å². The molecule has 0 amide bonds. The monoisotopic (exact) mass is 363 g/mol. The van der Waals surface area contributed by atoms with E-state index in [2.05, 4.69) is 34.0 Å². The number of fused-ring (bicyclic) bond motifs is 1. The molecular weight excluding hydrogens is 345 g/mol. The maximum Gasteiger partial charge on any atom is 0.0771 e. The van der Waals surface area contributed by atoms with Crippen LogP contribution in [0.1, 0.15) is 48.6 Å². The van der Waals surface area contributed by atoms with E-state index in [1.54, 1.807) is 4.88 Å². The fourth-order valence-corrected chi connectivity index (χ4v) is 4.93. The van der Waals surface area contributed by atoms with Crippen molar-refractivity contribution in [3.8, 4) is 0 Å². The summed E-state index contributed by atoms with van der Waals surface area (Å²) in [6.07, 6.45) is 6.87. The number of rotatable bonds is 3. The van der Waals surface area contributed by atoms with E-state index in [0.717, 1.165) is 19.4 Å². The van der Waals surface area contributed by atoms with Gasteiger partial charge in [0.05, 0.1) is 8.48 Å². The number of nitrogens with one attached hydrogen (secondary N) is 1. The maximum absolute atomic E-state index is 10.1. The third kappa shape index (κ3) is 2.55. The molecule has 1 fully saturated rings. The van der Waals surface area contributed by atoms with Gasteiger partial charge in [-0.25, -0.2) is 0 Å². The summed E-state index contributed by atoms with van der Waals surface area (Å²) in [5.74, 6) is 0. The lowest BCUT2D eigenvalue weighted by molar-refractivity contribution is -0.0336. The van der Waals surface area contributed by atoms with Crippen molar-refractivity contribution in [1.29, 1.82) is 0 Å². The Bertz CT molecular complexity index is 414. The molecule has 4 heteroatoms. The van der Waals surface area contributed by atoms with Crippen LogP contribution in [0.3, 0.4) is 0 Å². The third-order valence-corrected chi connectivity index (χ3v) is 6.02. The molecule has 2 N–H and O–H groups in total. The van der Waals surface area contributed by atoms with Crippen molar-refractivity contribution >= 4 is 33.9 Å². The van der Waals surface area contributed by atoms with Gasteiger partial charge in [0.15, 0.2) is 0 Å². The van der Waals surface area contributed by atoms with Crippen LogP contribution in [-0.2, 0) is 6.42 Å². The second-order valence-corrected chi connectivity index (χ2v) is 8.36. The minimum absolute atomic E-state index is 0.402. The van der Waals surface area contributed by atoms with Crippen molar-refractivity contribution in [3.63, 3.8) is 0 Å². The van der Waals surface area contributed by atoms with Gasteiger partial charge >= 0.3 is 0 Å². The summed E-state index contributed by atoms with van der Waals surface area (Å²) in [7, 11) is 0. The minimum Gasteiger partial charge on any atom is -0.389 e. The van der Waals surface area contributed by atoms with Crippen molar-refractivity contribution in [2.24, 2.45) is 0 Å². The van der Waals surface area contributed by atoms with Crippen molar-refractivity contribution in [2.45, 2.75) is 50.2 Å². The Balaban J connectivity index is 1.68. The second-order valence-electron chi connectivity index (χ2n) is 5.33. The molecule has 17 heavy (non-hydrogen) atoms. The van der Waals surface area contributed by atoms with E-state index < -0.39 is 5.60 Å². The van der Waals surface area contributed by atoms with E-state index in [0.29, 0.717) is 6.04 Å². The van der Waals surface area contributed by atoms with Gasteiger partial charge in [-0.1, -0.05) is 0 Å². The highest BCUT2D eigenvalue weighted by Gasteiger charge is 2.35. The van der Waals surface area contributed by atoms with Gasteiger partial charge in [-0.15, -0.1) is 11.3 Å². The molecule has 0 spiro atoms. The van der Waals surface area contributed by atoms with Crippen LogP contribution in [0.4, 0.5) is 0 Å². The molecule has 0 aromatic carbocycles. The zero-order valence-electron chi connectivity index (χ0n) is 9.84. The Morgan fingerprint density at radius 2 is 2.29 bits per heavy atom. The normalized spacial score (nSPS) is 26.4. The van der Waals surface area contributed by atoms with Gasteiger partial charge in [-0.3, -0.25) is 0 Å². The smallest absolute Gasteiger partial charge is 0.0771 e. The quantitative estimate of drug-likeness (QED) is 0.809. The number of halogens is 1. The molecule has 0 bridgehead atoms. The fraction of sp³-hybridized carbons (Fsp3) is 0.692. The van der Waals surface area contributed by atoms with Crippen LogP contribution in [0.5, 0.6) is 0 Å². The van der Waals surface area contributed by atoms with Crippen molar-refractivity contribution < 1.29 is 5.11 Å². The Labute approximate surface area is 120 Å². The maximum atomic E-state index is 10.1. The van der Waals surface area contributed by atoms with Crippen LogP contribution in [0.2, 0.25) is 0 Å². The van der Waals surface area contributed by atoms with Crippen LogP contribution < -0.4 is 5.32 Å². The molecular formula is C13H18INOS. The first kappa shape index (κ1) is 12.4. The van der Waals surface area contributed by atoms with E-state index in [9.17, 15) is 5.11 Å². The lowest BCUT2D eigenvalue weighted by Gasteiger charge is -2.38. The predicted molar refractivity (Wildman–Crippen MR) is 79.5 cm³/mol. The zero-order valence-corrected chi connectivity index (χ0v) is 12.8. The number of aliphatic hydroxyl groups is 1. The molecule has 0 saturated heterocycles. The topological polar surface area (TPSA) is 32.3 Å². The van der Waals surface area contributed by atoms with Crippen LogP contribution in [0.25, 0.3) is 0 Å². The highest BCUT2D eigenvalue weighted by molar-refractivity contribution is 14.1. The summed E-state index contributed by atoms with van der Waals surface area (Å²) < 4.78 is 1.39. The molecule has 1 aromatic heterocycles. The first-order valence-corrected chi connectivity index (χ1v) is 8.30. The average molecular weight is 363 g/mol. The molecule has 2 aliphatic carbocycles. The van der Waals surface area contributed by atoms with Gasteiger partial charge in [0, 0.05) is 17.5 Å². The number of aryl methyl sites for hydroxylation is 1. The molecule has 1 atom stereocenters. The molecule has 1 aromatic rings. The summed E-state index contributed by atoms with van der Waals surface area (Å²) >= 11 is 4.35. The van der Waals surface area contributed by atoms with Gasteiger partial charge in [0.25, 0.3) is 0 Å². The van der Waals surface area contributed by atoms with Crippen LogP contribution in [0.15, 0.2) is 6.07 Å². The van der Waals surface area contributed by atoms with E-state index in [1.807, 2.05) is 11.3 Å². The summed E-state index contributed by atoms with van der Waals surface area (Å²) in [6.45, 7) is 0.767. The van der Waals surface area contributed by atoms with Gasteiger partial charge in [-0.05, 0) is 72.7 Å².